The van der Waals surface area contributed by atoms with Gasteiger partial charge in [0.25, 0.3) is 10.0 Å². The Morgan fingerprint density at radius 3 is 2.48 bits per heavy atom. The number of hydrogen-bond donors (Lipinski definition) is 2. The molecule has 0 saturated heterocycles. The molecule has 4 rings (SSSR count). The minimum atomic E-state index is -4.72. The molecule has 164 valence electrons. The van der Waals surface area contributed by atoms with Crippen LogP contribution in [0, 0.1) is 0 Å². The number of aromatic nitrogens is 1. The summed E-state index contributed by atoms with van der Waals surface area (Å²) in [5, 5.41) is 13.2. The van der Waals surface area contributed by atoms with Gasteiger partial charge in [0.15, 0.2) is 0 Å². The number of sulfonamides is 1. The molecular weight excluding hydrogens is 457 g/mol. The molecule has 2 atom stereocenters. The van der Waals surface area contributed by atoms with Crippen LogP contribution < -0.4 is 4.72 Å². The van der Waals surface area contributed by atoms with E-state index in [4.69, 9.17) is 0 Å². The van der Waals surface area contributed by atoms with Crippen molar-refractivity contribution in [3.05, 3.63) is 59.9 Å². The highest BCUT2D eigenvalue weighted by Crippen LogP contribution is 2.58. The molecule has 1 saturated carbocycles. The van der Waals surface area contributed by atoms with E-state index in [1.54, 1.807) is 37.3 Å². The molecule has 2 aromatic heterocycles. The van der Waals surface area contributed by atoms with Crippen LogP contribution >= 0.6 is 11.3 Å². The predicted octanol–water partition coefficient (Wildman–Crippen LogP) is 3.89. The number of halogens is 3. The van der Waals surface area contributed by atoms with E-state index in [9.17, 15) is 31.5 Å². The average Bonchev–Trinajstić information content (AvgIpc) is 3.12. The number of benzene rings is 1. The second kappa shape index (κ2) is 6.90. The Kier molecular flexibility index (Phi) is 4.79. The lowest BCUT2D eigenvalue weighted by molar-refractivity contribution is -0.155. The summed E-state index contributed by atoms with van der Waals surface area (Å²) in [4.78, 5) is 12.2. The van der Waals surface area contributed by atoms with Crippen LogP contribution in [0.1, 0.15) is 24.7 Å². The van der Waals surface area contributed by atoms with E-state index in [1.807, 2.05) is 0 Å². The van der Waals surface area contributed by atoms with Crippen LogP contribution in [0.15, 0.2) is 57.3 Å². The molecule has 0 aliphatic heterocycles. The Hall–Kier alpha value is -2.70. The fraction of sp³-hybridized carbons (Fsp3) is 0.263. The molecule has 0 spiro atoms. The minimum Gasteiger partial charge on any atom is -0.480 e. The maximum absolute atomic E-state index is 12.9. The lowest BCUT2D eigenvalue weighted by atomic mass is 9.93. The molecule has 1 aliphatic rings. The Morgan fingerprint density at radius 1 is 1.23 bits per heavy atom. The van der Waals surface area contributed by atoms with Crippen LogP contribution in [-0.2, 0) is 26.4 Å². The first kappa shape index (κ1) is 21.5. The van der Waals surface area contributed by atoms with E-state index >= 15 is 0 Å². The van der Waals surface area contributed by atoms with Gasteiger partial charge in [0, 0.05) is 11.5 Å². The lowest BCUT2D eigenvalue weighted by Gasteiger charge is -2.20. The number of aliphatic carboxylic acids is 1. The van der Waals surface area contributed by atoms with Gasteiger partial charge in [-0.3, -0.25) is 4.79 Å². The molecule has 0 radical (unpaired) electrons. The topological polar surface area (TPSA) is 110 Å². The van der Waals surface area contributed by atoms with Crippen molar-refractivity contribution in [1.82, 2.24) is 9.88 Å². The van der Waals surface area contributed by atoms with Crippen LogP contribution in [0.2, 0.25) is 0 Å². The van der Waals surface area contributed by atoms with E-state index in [0.717, 1.165) is 0 Å². The van der Waals surface area contributed by atoms with Crippen molar-refractivity contribution < 1.29 is 36.0 Å². The third-order valence-electron chi connectivity index (χ3n) is 5.41. The number of nitrogens with one attached hydrogen (secondary N) is 1. The van der Waals surface area contributed by atoms with E-state index in [1.165, 1.54) is 12.1 Å². The molecule has 1 aliphatic carbocycles. The fourth-order valence-electron chi connectivity index (χ4n) is 3.55. The van der Waals surface area contributed by atoms with Crippen molar-refractivity contribution in [2.75, 3.05) is 0 Å². The van der Waals surface area contributed by atoms with Crippen LogP contribution in [0.4, 0.5) is 13.2 Å². The van der Waals surface area contributed by atoms with Gasteiger partial charge in [0.1, 0.15) is 15.4 Å². The molecule has 1 fully saturated rings. The number of thiophene rings is 1. The molecule has 7 nitrogen and oxygen atoms in total. The number of carboxylic acids is 1. The summed E-state index contributed by atoms with van der Waals surface area (Å²) in [5.41, 5.74) is -2.20. The molecule has 0 amide bonds. The number of alkyl halides is 3. The Bertz CT molecular complexity index is 1250. The number of rotatable bonds is 6. The molecule has 2 N–H and O–H groups in total. The molecular formula is C19H15F3N2O5S2. The van der Waals surface area contributed by atoms with Gasteiger partial charge in [-0.05, 0) is 24.1 Å². The van der Waals surface area contributed by atoms with Gasteiger partial charge in [-0.2, -0.15) is 17.9 Å². The second-order valence-electron chi connectivity index (χ2n) is 7.38. The predicted molar refractivity (Wildman–Crippen MR) is 104 cm³/mol. The molecule has 2 heterocycles. The van der Waals surface area contributed by atoms with Gasteiger partial charge in [0.2, 0.25) is 5.76 Å². The van der Waals surface area contributed by atoms with Crippen molar-refractivity contribution in [3.8, 4) is 10.6 Å². The number of carbonyl (C=O) groups is 1. The van der Waals surface area contributed by atoms with Gasteiger partial charge in [-0.1, -0.05) is 42.4 Å². The van der Waals surface area contributed by atoms with Gasteiger partial charge in [0.05, 0.1) is 4.88 Å². The summed E-state index contributed by atoms with van der Waals surface area (Å²) in [6, 6.07) is 11.8. The second-order valence-corrected chi connectivity index (χ2v) is 10.4. The largest absolute Gasteiger partial charge is 0.480 e. The number of nitrogens with zero attached hydrogens (tertiary/aromatic N) is 1. The Balaban J connectivity index is 1.63. The van der Waals surface area contributed by atoms with E-state index in [0.29, 0.717) is 23.0 Å². The van der Waals surface area contributed by atoms with Crippen molar-refractivity contribution in [1.29, 1.82) is 0 Å². The summed E-state index contributed by atoms with van der Waals surface area (Å²) in [6.45, 7) is 1.66. The fourth-order valence-corrected chi connectivity index (χ4v) is 6.27. The molecule has 12 heteroatoms. The molecule has 3 aromatic rings. The van der Waals surface area contributed by atoms with E-state index < -0.39 is 38.9 Å². The van der Waals surface area contributed by atoms with Crippen LogP contribution in [0.3, 0.4) is 0 Å². The van der Waals surface area contributed by atoms with Gasteiger partial charge >= 0.3 is 12.1 Å². The SMILES string of the molecule is C[C@]1(c2ccccc2)C[C@@]1(NS(=O)(=O)c1ccc(-c2cc(C(F)(F)F)on2)s1)C(=O)O. The van der Waals surface area contributed by atoms with Crippen LogP contribution in [0.5, 0.6) is 0 Å². The van der Waals surface area contributed by atoms with Gasteiger partial charge in [-0.25, -0.2) is 8.42 Å². The quantitative estimate of drug-likeness (QED) is 0.564. The average molecular weight is 472 g/mol. The van der Waals surface area contributed by atoms with Crippen LogP contribution in [-0.4, -0.2) is 30.2 Å². The maximum Gasteiger partial charge on any atom is 0.452 e. The zero-order chi connectivity index (χ0) is 22.7. The maximum atomic E-state index is 12.9. The number of hydrogen-bond acceptors (Lipinski definition) is 6. The molecule has 0 unspecified atom stereocenters. The summed E-state index contributed by atoms with van der Waals surface area (Å²) >= 11 is 0.660. The monoisotopic (exact) mass is 472 g/mol. The van der Waals surface area contributed by atoms with Crippen molar-refractivity contribution in [3.63, 3.8) is 0 Å². The highest BCUT2D eigenvalue weighted by atomic mass is 32.2. The minimum absolute atomic E-state index is 0.0506. The summed E-state index contributed by atoms with van der Waals surface area (Å²) in [5.74, 6) is -2.62. The summed E-state index contributed by atoms with van der Waals surface area (Å²) in [7, 11) is -4.28. The Labute approximate surface area is 178 Å². The highest BCUT2D eigenvalue weighted by Gasteiger charge is 2.72. The summed E-state index contributed by atoms with van der Waals surface area (Å²) < 4.78 is 70.3. The van der Waals surface area contributed by atoms with E-state index in [-0.39, 0.29) is 21.2 Å². The van der Waals surface area contributed by atoms with Crippen LogP contribution in [0.25, 0.3) is 10.6 Å². The first-order valence-corrected chi connectivity index (χ1v) is 11.2. The third-order valence-corrected chi connectivity index (χ3v) is 8.50. The molecule has 1 aromatic carbocycles. The first-order chi connectivity index (χ1) is 14.4. The summed E-state index contributed by atoms with van der Waals surface area (Å²) in [6.07, 6.45) is -4.67. The Morgan fingerprint density at radius 2 is 1.90 bits per heavy atom. The van der Waals surface area contributed by atoms with Crippen molar-refractivity contribution >= 4 is 27.3 Å². The van der Waals surface area contributed by atoms with Gasteiger partial charge < -0.3 is 9.63 Å². The zero-order valence-corrected chi connectivity index (χ0v) is 17.4. The highest BCUT2D eigenvalue weighted by molar-refractivity contribution is 7.91. The first-order valence-electron chi connectivity index (χ1n) is 8.86. The van der Waals surface area contributed by atoms with E-state index in [2.05, 4.69) is 14.4 Å². The third kappa shape index (κ3) is 3.54. The zero-order valence-electron chi connectivity index (χ0n) is 15.8. The molecule has 0 bridgehead atoms. The van der Waals surface area contributed by atoms with Gasteiger partial charge in [-0.15, -0.1) is 11.3 Å². The smallest absolute Gasteiger partial charge is 0.452 e. The van der Waals surface area contributed by atoms with Crippen molar-refractivity contribution in [2.45, 2.75) is 34.7 Å². The number of carboxylic acid groups (broad SMARTS) is 1. The molecule has 31 heavy (non-hydrogen) atoms. The lowest BCUT2D eigenvalue weighted by Crippen LogP contribution is -2.47. The standard InChI is InChI=1S/C19H15F3N2O5S2/c1-17(11-5-3-2-4-6-11)10-18(17,16(25)26)24-31(27,28)15-8-7-13(30-15)12-9-14(29-23-12)19(20,21)22/h2-9,24H,10H2,1H3,(H,25,26)/t17-,18-/m1/s1. The van der Waals surface area contributed by atoms with Crippen molar-refractivity contribution in [2.24, 2.45) is 0 Å². The normalized spacial score (nSPS) is 23.6.